The van der Waals surface area contributed by atoms with Gasteiger partial charge in [-0.15, -0.1) is 0 Å². The van der Waals surface area contributed by atoms with Crippen molar-refractivity contribution in [1.29, 1.82) is 0 Å². The summed E-state index contributed by atoms with van der Waals surface area (Å²) in [6.45, 7) is 6.30. The molecule has 3 nitrogen and oxygen atoms in total. The Kier molecular flexibility index (Phi) is 5.44. The lowest BCUT2D eigenvalue weighted by Gasteiger charge is -2.45. The lowest BCUT2D eigenvalue weighted by Crippen LogP contribution is -2.58. The van der Waals surface area contributed by atoms with E-state index in [1.807, 2.05) is 6.07 Å². The van der Waals surface area contributed by atoms with Crippen molar-refractivity contribution in [3.8, 4) is 0 Å². The molecular weight excluding hydrogens is 284 g/mol. The monoisotopic (exact) mass is 310 g/mol. The van der Waals surface area contributed by atoms with Crippen molar-refractivity contribution >= 4 is 0 Å². The zero-order valence-corrected chi connectivity index (χ0v) is 13.8. The van der Waals surface area contributed by atoms with Gasteiger partial charge in [-0.05, 0) is 18.1 Å². The summed E-state index contributed by atoms with van der Waals surface area (Å²) in [7, 11) is 0. The molecule has 0 saturated carbocycles. The van der Waals surface area contributed by atoms with Gasteiger partial charge in [0.05, 0.1) is 6.61 Å². The summed E-state index contributed by atoms with van der Waals surface area (Å²) in [5, 5.41) is 9.87. The van der Waals surface area contributed by atoms with Crippen molar-refractivity contribution in [3.05, 3.63) is 71.8 Å². The van der Waals surface area contributed by atoms with E-state index in [0.29, 0.717) is 6.04 Å². The lowest BCUT2D eigenvalue weighted by atomic mass is 10.0. The van der Waals surface area contributed by atoms with Gasteiger partial charge in [-0.3, -0.25) is 9.80 Å². The van der Waals surface area contributed by atoms with Crippen LogP contribution < -0.4 is 0 Å². The van der Waals surface area contributed by atoms with E-state index in [9.17, 15) is 5.11 Å². The molecule has 2 aromatic rings. The largest absolute Gasteiger partial charge is 0.395 e. The number of benzene rings is 2. The molecule has 1 fully saturated rings. The second-order valence-electron chi connectivity index (χ2n) is 6.52. The minimum Gasteiger partial charge on any atom is -0.395 e. The molecule has 0 unspecified atom stereocenters. The summed E-state index contributed by atoms with van der Waals surface area (Å²) in [6.07, 6.45) is 0. The van der Waals surface area contributed by atoms with Crippen molar-refractivity contribution in [1.82, 2.24) is 9.80 Å². The summed E-state index contributed by atoms with van der Waals surface area (Å²) in [6, 6.07) is 21.8. The lowest BCUT2D eigenvalue weighted by molar-refractivity contribution is -0.00429. The van der Waals surface area contributed by atoms with E-state index >= 15 is 0 Å². The summed E-state index contributed by atoms with van der Waals surface area (Å²) in [4.78, 5) is 4.90. The van der Waals surface area contributed by atoms with Gasteiger partial charge < -0.3 is 5.11 Å². The SMILES string of the molecule is C[C@H]1CN(Cc2ccccc2)C[C@H](CO)N1Cc1ccccc1. The van der Waals surface area contributed by atoms with E-state index < -0.39 is 0 Å². The molecule has 1 heterocycles. The minimum atomic E-state index is 0.197. The van der Waals surface area contributed by atoms with E-state index in [2.05, 4.69) is 71.3 Å². The predicted molar refractivity (Wildman–Crippen MR) is 94.0 cm³/mol. The Bertz CT molecular complexity index is 587. The van der Waals surface area contributed by atoms with E-state index in [-0.39, 0.29) is 12.6 Å². The number of hydrogen-bond donors (Lipinski definition) is 1. The topological polar surface area (TPSA) is 26.7 Å². The van der Waals surface area contributed by atoms with Gasteiger partial charge in [-0.25, -0.2) is 0 Å². The fourth-order valence-electron chi connectivity index (χ4n) is 3.53. The third-order valence-electron chi connectivity index (χ3n) is 4.69. The van der Waals surface area contributed by atoms with Gasteiger partial charge in [-0.1, -0.05) is 60.7 Å². The van der Waals surface area contributed by atoms with Gasteiger partial charge in [0.2, 0.25) is 0 Å². The van der Waals surface area contributed by atoms with Gasteiger partial charge in [-0.2, -0.15) is 0 Å². The highest BCUT2D eigenvalue weighted by molar-refractivity contribution is 5.16. The molecule has 0 aromatic heterocycles. The van der Waals surface area contributed by atoms with Crippen molar-refractivity contribution in [2.24, 2.45) is 0 Å². The highest BCUT2D eigenvalue weighted by Gasteiger charge is 2.31. The van der Waals surface area contributed by atoms with Crippen LogP contribution in [0, 0.1) is 0 Å². The maximum atomic E-state index is 9.87. The Morgan fingerprint density at radius 1 is 0.870 bits per heavy atom. The molecule has 0 radical (unpaired) electrons. The van der Waals surface area contributed by atoms with Crippen molar-refractivity contribution < 1.29 is 5.11 Å². The second-order valence-corrected chi connectivity index (χ2v) is 6.52. The van der Waals surface area contributed by atoms with Crippen molar-refractivity contribution in [2.45, 2.75) is 32.1 Å². The van der Waals surface area contributed by atoms with Crippen LogP contribution in [-0.2, 0) is 13.1 Å². The van der Waals surface area contributed by atoms with Crippen LogP contribution >= 0.6 is 0 Å². The molecule has 1 saturated heterocycles. The van der Waals surface area contributed by atoms with Crippen LogP contribution in [-0.4, -0.2) is 46.7 Å². The van der Waals surface area contributed by atoms with Crippen molar-refractivity contribution in [2.75, 3.05) is 19.7 Å². The van der Waals surface area contributed by atoms with E-state index in [0.717, 1.165) is 26.2 Å². The molecule has 3 rings (SSSR count). The summed E-state index contributed by atoms with van der Waals surface area (Å²) in [5.74, 6) is 0. The summed E-state index contributed by atoms with van der Waals surface area (Å²) in [5.41, 5.74) is 2.65. The second kappa shape index (κ2) is 7.73. The van der Waals surface area contributed by atoms with Crippen LogP contribution in [0.15, 0.2) is 60.7 Å². The first-order chi connectivity index (χ1) is 11.3. The molecule has 0 amide bonds. The number of rotatable bonds is 5. The molecule has 23 heavy (non-hydrogen) atoms. The fraction of sp³-hybridized carbons (Fsp3) is 0.400. The Hall–Kier alpha value is -1.68. The Balaban J connectivity index is 1.66. The van der Waals surface area contributed by atoms with Crippen LogP contribution in [0.1, 0.15) is 18.1 Å². The smallest absolute Gasteiger partial charge is 0.0599 e. The first-order valence-corrected chi connectivity index (χ1v) is 8.43. The molecular formula is C20H26N2O. The number of hydrogen-bond acceptors (Lipinski definition) is 3. The molecule has 1 N–H and O–H groups in total. The summed E-state index contributed by atoms with van der Waals surface area (Å²) >= 11 is 0. The Morgan fingerprint density at radius 2 is 1.43 bits per heavy atom. The maximum absolute atomic E-state index is 9.87. The number of aliphatic hydroxyl groups is 1. The van der Waals surface area contributed by atoms with Crippen LogP contribution in [0.25, 0.3) is 0 Å². The number of aliphatic hydroxyl groups excluding tert-OH is 1. The fourth-order valence-corrected chi connectivity index (χ4v) is 3.53. The van der Waals surface area contributed by atoms with Crippen molar-refractivity contribution in [3.63, 3.8) is 0 Å². The van der Waals surface area contributed by atoms with E-state index in [1.54, 1.807) is 0 Å². The first kappa shape index (κ1) is 16.2. The standard InChI is InChI=1S/C20H26N2O/c1-17-12-21(13-18-8-4-2-5-9-18)15-20(16-23)22(17)14-19-10-6-3-7-11-19/h2-11,17,20,23H,12-16H2,1H3/t17-,20+/m0/s1. The quantitative estimate of drug-likeness (QED) is 0.920. The predicted octanol–water partition coefficient (Wildman–Crippen LogP) is 2.75. The number of nitrogens with zero attached hydrogens (tertiary/aromatic N) is 2. The van der Waals surface area contributed by atoms with Crippen LogP contribution in [0.5, 0.6) is 0 Å². The van der Waals surface area contributed by atoms with Gasteiger partial charge >= 0.3 is 0 Å². The van der Waals surface area contributed by atoms with Gasteiger partial charge in [0.1, 0.15) is 0 Å². The van der Waals surface area contributed by atoms with E-state index in [4.69, 9.17) is 0 Å². The highest BCUT2D eigenvalue weighted by atomic mass is 16.3. The highest BCUT2D eigenvalue weighted by Crippen LogP contribution is 2.20. The molecule has 0 bridgehead atoms. The number of piperazine rings is 1. The molecule has 0 aliphatic carbocycles. The molecule has 2 aromatic carbocycles. The van der Waals surface area contributed by atoms with Crippen LogP contribution in [0.4, 0.5) is 0 Å². The molecule has 3 heteroatoms. The normalized spacial score (nSPS) is 23.0. The zero-order chi connectivity index (χ0) is 16.1. The molecule has 0 spiro atoms. The van der Waals surface area contributed by atoms with Crippen LogP contribution in [0.3, 0.4) is 0 Å². The van der Waals surface area contributed by atoms with Crippen LogP contribution in [0.2, 0.25) is 0 Å². The minimum absolute atomic E-state index is 0.197. The Labute approximate surface area is 139 Å². The van der Waals surface area contributed by atoms with E-state index in [1.165, 1.54) is 11.1 Å². The van der Waals surface area contributed by atoms with Gasteiger partial charge in [0.15, 0.2) is 0 Å². The molecule has 1 aliphatic rings. The third kappa shape index (κ3) is 4.20. The zero-order valence-electron chi connectivity index (χ0n) is 13.8. The first-order valence-electron chi connectivity index (χ1n) is 8.43. The average molecular weight is 310 g/mol. The van der Waals surface area contributed by atoms with Gasteiger partial charge in [0.25, 0.3) is 0 Å². The molecule has 1 aliphatic heterocycles. The Morgan fingerprint density at radius 3 is 2.00 bits per heavy atom. The third-order valence-corrected chi connectivity index (χ3v) is 4.69. The molecule has 122 valence electrons. The van der Waals surface area contributed by atoms with Gasteiger partial charge in [0, 0.05) is 38.3 Å². The summed E-state index contributed by atoms with van der Waals surface area (Å²) < 4.78 is 0. The maximum Gasteiger partial charge on any atom is 0.0599 e. The average Bonchev–Trinajstić information content (AvgIpc) is 2.59. The molecule has 2 atom stereocenters.